The van der Waals surface area contributed by atoms with Crippen molar-refractivity contribution in [2.45, 2.75) is 106 Å². The fourth-order valence-electron chi connectivity index (χ4n) is 6.54. The van der Waals surface area contributed by atoms with Crippen molar-refractivity contribution < 1.29 is 39.2 Å². The van der Waals surface area contributed by atoms with Crippen LogP contribution in [0.3, 0.4) is 0 Å². The minimum atomic E-state index is -1.24. The van der Waals surface area contributed by atoms with Gasteiger partial charge in [0.05, 0.1) is 24.7 Å². The van der Waals surface area contributed by atoms with E-state index >= 15 is 0 Å². The molecule has 3 aliphatic heterocycles. The number of nitrogens with zero attached hydrogens (tertiary/aromatic N) is 4. The largest absolute Gasteiger partial charge is 0.480 e. The molecule has 9 atom stereocenters. The molecule has 0 bridgehead atoms. The molecule has 0 aromatic carbocycles. The Morgan fingerprint density at radius 2 is 1.88 bits per heavy atom. The monoisotopic (exact) mass is 738 g/mol. The predicted octanol–water partition coefficient (Wildman–Crippen LogP) is -0.362. The molecule has 2 aromatic heterocycles. The molecular formula is C31H48N9O8S2+. The lowest BCUT2D eigenvalue weighted by Crippen LogP contribution is -2.42. The molecule has 0 saturated carbocycles. The third-order valence-corrected chi connectivity index (χ3v) is 12.7. The number of aliphatic hydroxyl groups excluding tert-OH is 2. The van der Waals surface area contributed by atoms with Gasteiger partial charge in [-0.3, -0.25) is 14.2 Å². The van der Waals surface area contributed by atoms with Gasteiger partial charge in [0.25, 0.3) is 0 Å². The van der Waals surface area contributed by atoms with Gasteiger partial charge in [-0.1, -0.05) is 12.8 Å². The predicted molar refractivity (Wildman–Crippen MR) is 188 cm³/mol. The lowest BCUT2D eigenvalue weighted by Gasteiger charge is -2.17. The molecule has 3 aliphatic rings. The minimum Gasteiger partial charge on any atom is -0.480 e. The highest BCUT2D eigenvalue weighted by Gasteiger charge is 2.47. The van der Waals surface area contributed by atoms with E-state index in [1.165, 1.54) is 17.2 Å². The number of imidazole rings is 1. The number of aromatic nitrogens is 4. The number of anilines is 1. The summed E-state index contributed by atoms with van der Waals surface area (Å²) in [5.74, 6) is 0.515. The number of fused-ring (bicyclic) bond motifs is 2. The SMILES string of the molecule is C[S+](CC[C@H](NC(=O)CCCCCNC(=O)CCCC[C@H]1SCC2NC(=O)NC21)C(=O)O)C[C@H]1O[C@@H](n2cnc3c(N)ncnc32)[C@H](O)[C@@H]1O. The van der Waals surface area contributed by atoms with Crippen LogP contribution in [0.25, 0.3) is 11.2 Å². The number of unbranched alkanes of at least 4 members (excludes halogenated alkanes) is 3. The van der Waals surface area contributed by atoms with Gasteiger partial charge in [-0.15, -0.1) is 0 Å². The van der Waals surface area contributed by atoms with E-state index in [0.717, 1.165) is 37.9 Å². The summed E-state index contributed by atoms with van der Waals surface area (Å²) >= 11 is 1.87. The molecule has 276 valence electrons. The van der Waals surface area contributed by atoms with Gasteiger partial charge < -0.3 is 47.1 Å². The topological polar surface area (TPSA) is 256 Å². The highest BCUT2D eigenvalue weighted by Crippen LogP contribution is 2.34. The van der Waals surface area contributed by atoms with Crippen molar-refractivity contribution in [1.29, 1.82) is 0 Å². The molecule has 3 saturated heterocycles. The highest BCUT2D eigenvalue weighted by molar-refractivity contribution is 8.00. The number of urea groups is 1. The second kappa shape index (κ2) is 17.7. The Balaban J connectivity index is 0.921. The third-order valence-electron chi connectivity index (χ3n) is 9.32. The Labute approximate surface area is 297 Å². The third kappa shape index (κ3) is 9.68. The standard InChI is InChI=1S/C31H47N9O8S2/c1-50(14-19-25(43)26(44)29(48-19)40-16-36-24-27(32)34-15-35-28(24)40)12-10-17(30(45)46)37-22(42)9-3-2-6-11-33-21(41)8-5-4-7-20-23-18(13-49-20)38-31(47)39-23/h15-20,23,25-26,29,43-44H,2-14H2,1H3,(H6-,32,33,34,35,37,38,39,41,42,45,46,47)/p+1/t17-,18?,19+,20+,23?,25+,26+,29+,50?/m0/s1. The van der Waals surface area contributed by atoms with Gasteiger partial charge in [0, 0.05) is 36.8 Å². The first-order valence-electron chi connectivity index (χ1n) is 17.0. The van der Waals surface area contributed by atoms with Crippen LogP contribution in [0.2, 0.25) is 0 Å². The number of hydrogen-bond donors (Lipinski definition) is 8. The lowest BCUT2D eigenvalue weighted by atomic mass is 10.0. The van der Waals surface area contributed by atoms with Crippen LogP contribution in [0.4, 0.5) is 10.6 Å². The van der Waals surface area contributed by atoms with Crippen LogP contribution in [-0.4, -0.2) is 130 Å². The van der Waals surface area contributed by atoms with Crippen molar-refractivity contribution in [3.8, 4) is 0 Å². The number of nitrogens with two attached hydrogens (primary N) is 1. The molecule has 50 heavy (non-hydrogen) atoms. The van der Waals surface area contributed by atoms with Crippen LogP contribution >= 0.6 is 11.8 Å². The Bertz CT molecular complexity index is 1500. The summed E-state index contributed by atoms with van der Waals surface area (Å²) in [4.78, 5) is 60.4. The number of ether oxygens (including phenoxy) is 1. The van der Waals surface area contributed by atoms with Gasteiger partial charge in [0.1, 0.15) is 47.7 Å². The van der Waals surface area contributed by atoms with Crippen molar-refractivity contribution in [1.82, 2.24) is 40.8 Å². The number of carbonyl (C=O) groups excluding carboxylic acids is 3. The fourth-order valence-corrected chi connectivity index (χ4v) is 9.72. The van der Waals surface area contributed by atoms with Crippen LogP contribution in [-0.2, 0) is 30.0 Å². The molecule has 3 fully saturated rings. The Kier molecular flexibility index (Phi) is 13.4. The number of aliphatic carboxylic acids is 1. The molecule has 0 radical (unpaired) electrons. The average molecular weight is 739 g/mol. The molecule has 4 amide bonds. The Morgan fingerprint density at radius 3 is 2.68 bits per heavy atom. The number of carboxylic acid groups (broad SMARTS) is 1. The smallest absolute Gasteiger partial charge is 0.326 e. The zero-order chi connectivity index (χ0) is 35.8. The maximum atomic E-state index is 12.5. The maximum absolute atomic E-state index is 12.5. The summed E-state index contributed by atoms with van der Waals surface area (Å²) in [6, 6.07) is -0.747. The van der Waals surface area contributed by atoms with Crippen molar-refractivity contribution in [2.75, 3.05) is 35.8 Å². The van der Waals surface area contributed by atoms with Gasteiger partial charge in [-0.2, -0.15) is 11.8 Å². The average Bonchev–Trinajstić information content (AvgIpc) is 3.84. The number of hydrogen-bond acceptors (Lipinski definition) is 12. The van der Waals surface area contributed by atoms with Crippen molar-refractivity contribution in [3.63, 3.8) is 0 Å². The van der Waals surface area contributed by atoms with E-state index in [4.69, 9.17) is 10.5 Å². The zero-order valence-corrected chi connectivity index (χ0v) is 29.7. The number of thioether (sulfide) groups is 1. The summed E-state index contributed by atoms with van der Waals surface area (Å²) < 4.78 is 7.52. The van der Waals surface area contributed by atoms with Crippen molar-refractivity contribution in [2.24, 2.45) is 0 Å². The molecule has 9 N–H and O–H groups in total. The fraction of sp³-hybridized carbons (Fsp3) is 0.710. The van der Waals surface area contributed by atoms with Gasteiger partial charge in [0.2, 0.25) is 11.8 Å². The highest BCUT2D eigenvalue weighted by atomic mass is 32.2. The lowest BCUT2D eigenvalue weighted by molar-refractivity contribution is -0.141. The van der Waals surface area contributed by atoms with Gasteiger partial charge in [-0.05, 0) is 36.6 Å². The van der Waals surface area contributed by atoms with E-state index in [1.807, 2.05) is 18.0 Å². The number of carbonyl (C=O) groups is 4. The Hall–Kier alpha value is -3.39. The van der Waals surface area contributed by atoms with Crippen LogP contribution in [0.5, 0.6) is 0 Å². The molecule has 5 rings (SSSR count). The normalized spacial score (nSPS) is 27.0. The number of aliphatic hydroxyl groups is 2. The maximum Gasteiger partial charge on any atom is 0.326 e. The molecule has 2 aromatic rings. The number of carboxylic acids is 1. The molecule has 5 heterocycles. The molecule has 0 spiro atoms. The number of rotatable bonds is 19. The number of amides is 4. The van der Waals surface area contributed by atoms with Crippen molar-refractivity contribution >= 4 is 63.5 Å². The van der Waals surface area contributed by atoms with Gasteiger partial charge in [-0.25, -0.2) is 24.5 Å². The molecule has 3 unspecified atom stereocenters. The zero-order valence-electron chi connectivity index (χ0n) is 28.0. The second-order valence-electron chi connectivity index (χ2n) is 13.1. The molecule has 0 aliphatic carbocycles. The van der Waals surface area contributed by atoms with E-state index in [-0.39, 0.29) is 48.6 Å². The summed E-state index contributed by atoms with van der Waals surface area (Å²) in [6.07, 6.45) is 6.13. The van der Waals surface area contributed by atoms with E-state index < -0.39 is 47.4 Å². The summed E-state index contributed by atoms with van der Waals surface area (Å²) in [6.45, 7) is 0.524. The van der Waals surface area contributed by atoms with E-state index in [1.54, 1.807) is 0 Å². The summed E-state index contributed by atoms with van der Waals surface area (Å²) in [7, 11) is -0.392. The Morgan fingerprint density at radius 1 is 1.10 bits per heavy atom. The van der Waals surface area contributed by atoms with Gasteiger partial charge in [0.15, 0.2) is 17.7 Å². The van der Waals surface area contributed by atoms with E-state index in [9.17, 15) is 34.5 Å². The molecular weight excluding hydrogens is 691 g/mol. The number of nitrogen functional groups attached to an aromatic ring is 1. The first-order chi connectivity index (χ1) is 24.0. The number of nitrogens with one attached hydrogen (secondary N) is 4. The first-order valence-corrected chi connectivity index (χ1v) is 20.0. The van der Waals surface area contributed by atoms with Crippen LogP contribution in [0.1, 0.15) is 64.0 Å². The van der Waals surface area contributed by atoms with Gasteiger partial charge >= 0.3 is 12.0 Å². The minimum absolute atomic E-state index is 0.00673. The van der Waals surface area contributed by atoms with Crippen LogP contribution < -0.4 is 27.0 Å². The quantitative estimate of drug-likeness (QED) is 0.0521. The van der Waals surface area contributed by atoms with Crippen LogP contribution in [0, 0.1) is 0 Å². The summed E-state index contributed by atoms with van der Waals surface area (Å²) in [5.41, 5.74) is 6.58. The first kappa shape index (κ1) is 37.9. The van der Waals surface area contributed by atoms with E-state index in [0.29, 0.717) is 47.3 Å². The molecule has 17 nitrogen and oxygen atoms in total. The van der Waals surface area contributed by atoms with Crippen LogP contribution in [0.15, 0.2) is 12.7 Å². The van der Waals surface area contributed by atoms with E-state index in [2.05, 4.69) is 36.2 Å². The van der Waals surface area contributed by atoms with Crippen molar-refractivity contribution in [3.05, 3.63) is 12.7 Å². The molecule has 19 heteroatoms. The summed E-state index contributed by atoms with van der Waals surface area (Å²) in [5, 5.41) is 43.0. The second-order valence-corrected chi connectivity index (χ2v) is 16.6.